The minimum Gasteiger partial charge on any atom is -0.497 e. The van der Waals surface area contributed by atoms with E-state index in [0.717, 1.165) is 9.87 Å². The van der Waals surface area contributed by atoms with Crippen LogP contribution >= 0.6 is 0 Å². The van der Waals surface area contributed by atoms with Gasteiger partial charge in [-0.1, -0.05) is 30.3 Å². The van der Waals surface area contributed by atoms with E-state index in [0.29, 0.717) is 17.2 Å². The number of nitrogens with one attached hydrogen (secondary N) is 1. The Morgan fingerprint density at radius 1 is 0.875 bits per heavy atom. The number of anilines is 1. The molecule has 8 heteroatoms. The molecule has 0 saturated carbocycles. The topological polar surface area (TPSA) is 84.9 Å². The predicted octanol–water partition coefficient (Wildman–Crippen LogP) is 3.78. The molecule has 1 N–H and O–H groups in total. The summed E-state index contributed by atoms with van der Waals surface area (Å²) in [4.78, 5) is 12.9. The van der Waals surface area contributed by atoms with E-state index in [9.17, 15) is 13.2 Å². The van der Waals surface area contributed by atoms with Crippen molar-refractivity contribution in [3.63, 3.8) is 0 Å². The van der Waals surface area contributed by atoms with Crippen LogP contribution in [0.1, 0.15) is 18.5 Å². The molecular formula is C24H26N2O5S. The van der Waals surface area contributed by atoms with Crippen LogP contribution in [-0.4, -0.2) is 35.1 Å². The molecule has 0 aliphatic carbocycles. The molecule has 0 saturated heterocycles. The van der Waals surface area contributed by atoms with Crippen molar-refractivity contribution < 1.29 is 22.7 Å². The van der Waals surface area contributed by atoms with Gasteiger partial charge in [0.1, 0.15) is 18.0 Å². The fraction of sp³-hybridized carbons (Fsp3) is 0.208. The van der Waals surface area contributed by atoms with Crippen molar-refractivity contribution in [3.8, 4) is 11.5 Å². The van der Waals surface area contributed by atoms with E-state index in [-0.39, 0.29) is 17.5 Å². The Morgan fingerprint density at radius 3 is 1.94 bits per heavy atom. The number of sulfonamides is 1. The first-order valence-electron chi connectivity index (χ1n) is 10.0. The third-order valence-corrected chi connectivity index (χ3v) is 6.76. The number of rotatable bonds is 9. The van der Waals surface area contributed by atoms with E-state index in [4.69, 9.17) is 9.47 Å². The summed E-state index contributed by atoms with van der Waals surface area (Å²) in [6, 6.07) is 21.6. The zero-order valence-corrected chi connectivity index (χ0v) is 19.0. The molecule has 0 radical (unpaired) electrons. The van der Waals surface area contributed by atoms with E-state index in [1.165, 1.54) is 19.2 Å². The van der Waals surface area contributed by atoms with Gasteiger partial charge >= 0.3 is 0 Å². The summed E-state index contributed by atoms with van der Waals surface area (Å²) in [5.74, 6) is 0.837. The van der Waals surface area contributed by atoms with Crippen LogP contribution in [0, 0.1) is 0 Å². The Labute approximate surface area is 188 Å². The molecule has 0 aliphatic rings. The second-order valence-corrected chi connectivity index (χ2v) is 8.95. The molecule has 0 fully saturated rings. The number of para-hydroxylation sites is 1. The lowest BCUT2D eigenvalue weighted by atomic mass is 10.1. The maximum atomic E-state index is 13.4. The first-order valence-corrected chi connectivity index (χ1v) is 11.4. The van der Waals surface area contributed by atoms with Crippen molar-refractivity contribution in [1.82, 2.24) is 5.32 Å². The SMILES string of the molecule is COc1ccc([C@H](C)NC(=O)CN(c2ccccc2)S(=O)(=O)c2ccc(OC)cc2)cc1. The monoisotopic (exact) mass is 454 g/mol. The van der Waals surface area contributed by atoms with Crippen LogP contribution in [-0.2, 0) is 14.8 Å². The Hall–Kier alpha value is -3.52. The molecular weight excluding hydrogens is 428 g/mol. The summed E-state index contributed by atoms with van der Waals surface area (Å²) in [5, 5.41) is 2.87. The van der Waals surface area contributed by atoms with Crippen molar-refractivity contribution in [2.45, 2.75) is 17.9 Å². The highest BCUT2D eigenvalue weighted by Gasteiger charge is 2.27. The molecule has 3 aromatic rings. The maximum Gasteiger partial charge on any atom is 0.264 e. The average Bonchev–Trinajstić information content (AvgIpc) is 2.83. The number of hydrogen-bond acceptors (Lipinski definition) is 5. The molecule has 168 valence electrons. The van der Waals surface area contributed by atoms with Crippen molar-refractivity contribution in [2.75, 3.05) is 25.1 Å². The van der Waals surface area contributed by atoms with Gasteiger partial charge in [-0.25, -0.2) is 8.42 Å². The third kappa shape index (κ3) is 5.39. The lowest BCUT2D eigenvalue weighted by Crippen LogP contribution is -2.41. The Kier molecular flexibility index (Phi) is 7.37. The van der Waals surface area contributed by atoms with E-state index >= 15 is 0 Å². The molecule has 1 amide bonds. The van der Waals surface area contributed by atoms with E-state index in [1.54, 1.807) is 49.6 Å². The number of benzene rings is 3. The van der Waals surface area contributed by atoms with Gasteiger partial charge < -0.3 is 14.8 Å². The molecule has 7 nitrogen and oxygen atoms in total. The molecule has 3 aromatic carbocycles. The van der Waals surface area contributed by atoms with Gasteiger partial charge in [0.05, 0.1) is 30.8 Å². The van der Waals surface area contributed by atoms with Crippen molar-refractivity contribution in [1.29, 1.82) is 0 Å². The van der Waals surface area contributed by atoms with E-state index in [1.807, 2.05) is 31.2 Å². The fourth-order valence-corrected chi connectivity index (χ4v) is 4.60. The average molecular weight is 455 g/mol. The largest absolute Gasteiger partial charge is 0.497 e. The number of methoxy groups -OCH3 is 2. The van der Waals surface area contributed by atoms with Crippen LogP contribution in [0.25, 0.3) is 0 Å². The fourth-order valence-electron chi connectivity index (χ4n) is 3.18. The molecule has 32 heavy (non-hydrogen) atoms. The maximum absolute atomic E-state index is 13.4. The minimum absolute atomic E-state index is 0.0677. The second kappa shape index (κ2) is 10.2. The Balaban J connectivity index is 1.83. The van der Waals surface area contributed by atoms with Crippen LogP contribution in [0.2, 0.25) is 0 Å². The van der Waals surface area contributed by atoms with Gasteiger partial charge in [0.2, 0.25) is 5.91 Å². The molecule has 0 spiro atoms. The summed E-state index contributed by atoms with van der Waals surface area (Å²) in [6.07, 6.45) is 0. The third-order valence-electron chi connectivity index (χ3n) is 4.97. The van der Waals surface area contributed by atoms with Crippen LogP contribution in [0.5, 0.6) is 11.5 Å². The van der Waals surface area contributed by atoms with Gasteiger partial charge in [-0.2, -0.15) is 0 Å². The summed E-state index contributed by atoms with van der Waals surface area (Å²) >= 11 is 0. The highest BCUT2D eigenvalue weighted by Crippen LogP contribution is 2.25. The normalized spacial score (nSPS) is 12.0. The highest BCUT2D eigenvalue weighted by atomic mass is 32.2. The first-order chi connectivity index (χ1) is 15.3. The number of carbonyl (C=O) groups is 1. The predicted molar refractivity (Wildman–Crippen MR) is 124 cm³/mol. The quantitative estimate of drug-likeness (QED) is 0.532. The van der Waals surface area contributed by atoms with Gasteiger partial charge in [-0.15, -0.1) is 0 Å². The number of carbonyl (C=O) groups excluding carboxylic acids is 1. The van der Waals surface area contributed by atoms with E-state index < -0.39 is 15.9 Å². The zero-order chi connectivity index (χ0) is 23.1. The molecule has 0 unspecified atom stereocenters. The summed E-state index contributed by atoms with van der Waals surface area (Å²) in [6.45, 7) is 1.48. The molecule has 0 heterocycles. The van der Waals surface area contributed by atoms with Crippen molar-refractivity contribution in [2.24, 2.45) is 0 Å². The van der Waals surface area contributed by atoms with Gasteiger partial charge in [0, 0.05) is 0 Å². The lowest BCUT2D eigenvalue weighted by Gasteiger charge is -2.25. The number of nitrogens with zero attached hydrogens (tertiary/aromatic N) is 1. The second-order valence-electron chi connectivity index (χ2n) is 7.09. The first kappa shape index (κ1) is 23.1. The van der Waals surface area contributed by atoms with Gasteiger partial charge in [0.15, 0.2) is 0 Å². The minimum atomic E-state index is -3.98. The molecule has 0 bridgehead atoms. The zero-order valence-electron chi connectivity index (χ0n) is 18.2. The van der Waals surface area contributed by atoms with Crippen LogP contribution in [0.4, 0.5) is 5.69 Å². The number of hydrogen-bond donors (Lipinski definition) is 1. The van der Waals surface area contributed by atoms with Gasteiger partial charge in [0.25, 0.3) is 10.0 Å². The molecule has 1 atom stereocenters. The van der Waals surface area contributed by atoms with Crippen molar-refractivity contribution >= 4 is 21.6 Å². The molecule has 3 rings (SSSR count). The number of ether oxygens (including phenoxy) is 2. The molecule has 0 aliphatic heterocycles. The van der Waals surface area contributed by atoms with Gasteiger partial charge in [-0.05, 0) is 61.0 Å². The summed E-state index contributed by atoms with van der Waals surface area (Å²) in [7, 11) is -0.890. The summed E-state index contributed by atoms with van der Waals surface area (Å²) < 4.78 is 38.1. The standard InChI is InChI=1S/C24H26N2O5S/c1-18(19-9-11-21(30-2)12-10-19)25-24(27)17-26(20-7-5-4-6-8-20)32(28,29)23-15-13-22(31-3)14-16-23/h4-16,18H,17H2,1-3H3,(H,25,27)/t18-/m0/s1. The molecule has 0 aromatic heterocycles. The Bertz CT molecular complexity index is 1130. The highest BCUT2D eigenvalue weighted by molar-refractivity contribution is 7.92. The summed E-state index contributed by atoms with van der Waals surface area (Å²) in [5.41, 5.74) is 1.28. The smallest absolute Gasteiger partial charge is 0.264 e. The van der Waals surface area contributed by atoms with Crippen LogP contribution in [0.15, 0.2) is 83.8 Å². The van der Waals surface area contributed by atoms with Crippen LogP contribution in [0.3, 0.4) is 0 Å². The van der Waals surface area contributed by atoms with Gasteiger partial charge in [-0.3, -0.25) is 9.10 Å². The van der Waals surface area contributed by atoms with E-state index in [2.05, 4.69) is 5.32 Å². The van der Waals surface area contributed by atoms with Crippen LogP contribution < -0.4 is 19.1 Å². The van der Waals surface area contributed by atoms with Crippen molar-refractivity contribution in [3.05, 3.63) is 84.4 Å². The Morgan fingerprint density at radius 2 is 1.41 bits per heavy atom. The number of amides is 1. The lowest BCUT2D eigenvalue weighted by molar-refractivity contribution is -0.120.